The van der Waals surface area contributed by atoms with Crippen molar-refractivity contribution in [2.24, 2.45) is 0 Å². The second kappa shape index (κ2) is 5.98. The number of aliphatic hydroxyl groups excluding tert-OH is 1. The quantitative estimate of drug-likeness (QED) is 0.786. The zero-order valence-corrected chi connectivity index (χ0v) is 12.5. The number of benzene rings is 2. The van der Waals surface area contributed by atoms with Crippen LogP contribution in [0.1, 0.15) is 17.2 Å². The van der Waals surface area contributed by atoms with Gasteiger partial charge in [-0.05, 0) is 23.8 Å². The molecule has 1 aromatic heterocycles. The summed E-state index contributed by atoms with van der Waals surface area (Å²) in [6.07, 6.45) is 2.82. The van der Waals surface area contributed by atoms with Crippen LogP contribution in [0, 0.1) is 0 Å². The van der Waals surface area contributed by atoms with E-state index in [1.807, 2.05) is 18.2 Å². The molecule has 0 radical (unpaired) electrons. The maximum atomic E-state index is 10.5. The van der Waals surface area contributed by atoms with Gasteiger partial charge in [-0.15, -0.1) is 0 Å². The summed E-state index contributed by atoms with van der Waals surface area (Å²) in [6.45, 7) is 0. The first-order valence-corrected chi connectivity index (χ1v) is 7.23. The largest absolute Gasteiger partial charge is 0.388 e. The lowest BCUT2D eigenvalue weighted by Crippen LogP contribution is -2.04. The van der Waals surface area contributed by atoms with Gasteiger partial charge in [-0.3, -0.25) is 9.97 Å². The lowest BCUT2D eigenvalue weighted by atomic mass is 10.00. The van der Waals surface area contributed by atoms with Gasteiger partial charge in [0.05, 0.1) is 17.1 Å². The Morgan fingerprint density at radius 2 is 1.62 bits per heavy atom. The minimum atomic E-state index is -0.747. The van der Waals surface area contributed by atoms with E-state index in [-0.39, 0.29) is 0 Å². The average molecular weight is 319 g/mol. The minimum Gasteiger partial charge on any atom is -0.388 e. The van der Waals surface area contributed by atoms with Gasteiger partial charge in [0.15, 0.2) is 0 Å². The van der Waals surface area contributed by atoms with Crippen LogP contribution in [0.4, 0.5) is 0 Å². The first kappa shape index (κ1) is 14.3. The average Bonchev–Trinajstić information content (AvgIpc) is 2.50. The van der Waals surface area contributed by atoms with E-state index in [9.17, 15) is 5.11 Å². The zero-order chi connectivity index (χ0) is 14.8. The van der Waals surface area contributed by atoms with Gasteiger partial charge in [0.2, 0.25) is 0 Å². The SMILES string of the molecule is OC(Cc1c(Cl)cccc1Cl)c1cccc2nccnc12. The molecule has 1 heterocycles. The molecular formula is C16H12Cl2N2O. The summed E-state index contributed by atoms with van der Waals surface area (Å²) >= 11 is 12.3. The number of halogens is 2. The number of hydrogen-bond donors (Lipinski definition) is 1. The van der Waals surface area contributed by atoms with Crippen molar-refractivity contribution < 1.29 is 5.11 Å². The molecule has 0 aliphatic heterocycles. The highest BCUT2D eigenvalue weighted by molar-refractivity contribution is 6.36. The molecule has 3 rings (SSSR count). The Balaban J connectivity index is 2.00. The van der Waals surface area contributed by atoms with E-state index < -0.39 is 6.10 Å². The standard InChI is InChI=1S/C16H12Cl2N2O/c17-12-4-2-5-13(18)11(12)9-15(21)10-3-1-6-14-16(10)20-8-7-19-14/h1-8,15,21H,9H2. The molecule has 1 atom stereocenters. The molecule has 5 heteroatoms. The lowest BCUT2D eigenvalue weighted by molar-refractivity contribution is 0.180. The van der Waals surface area contributed by atoms with Gasteiger partial charge in [-0.2, -0.15) is 0 Å². The molecule has 0 amide bonds. The van der Waals surface area contributed by atoms with Crippen molar-refractivity contribution in [1.29, 1.82) is 0 Å². The normalized spacial score (nSPS) is 12.5. The molecule has 3 nitrogen and oxygen atoms in total. The molecule has 0 bridgehead atoms. The van der Waals surface area contributed by atoms with Crippen molar-refractivity contribution >= 4 is 34.2 Å². The highest BCUT2D eigenvalue weighted by Crippen LogP contribution is 2.31. The van der Waals surface area contributed by atoms with Gasteiger partial charge in [0, 0.05) is 34.4 Å². The zero-order valence-electron chi connectivity index (χ0n) is 11.0. The van der Waals surface area contributed by atoms with Crippen LogP contribution in [0.25, 0.3) is 11.0 Å². The molecule has 2 aromatic carbocycles. The second-order valence-corrected chi connectivity index (χ2v) is 5.51. The Hall–Kier alpha value is -1.68. The number of nitrogens with zero attached hydrogens (tertiary/aromatic N) is 2. The molecule has 0 aliphatic rings. The summed E-state index contributed by atoms with van der Waals surface area (Å²) in [5.74, 6) is 0. The molecular weight excluding hydrogens is 307 g/mol. The van der Waals surface area contributed by atoms with Gasteiger partial charge in [-0.25, -0.2) is 0 Å². The first-order chi connectivity index (χ1) is 10.2. The predicted octanol–water partition coefficient (Wildman–Crippen LogP) is 4.21. The van der Waals surface area contributed by atoms with E-state index >= 15 is 0 Å². The third-order valence-electron chi connectivity index (χ3n) is 3.35. The fraction of sp³-hybridized carbons (Fsp3) is 0.125. The van der Waals surface area contributed by atoms with E-state index in [1.165, 1.54) is 0 Å². The maximum Gasteiger partial charge on any atom is 0.0944 e. The van der Waals surface area contributed by atoms with E-state index in [0.29, 0.717) is 22.0 Å². The highest BCUT2D eigenvalue weighted by Gasteiger charge is 2.16. The predicted molar refractivity (Wildman–Crippen MR) is 84.7 cm³/mol. The molecule has 0 fully saturated rings. The topological polar surface area (TPSA) is 46.0 Å². The van der Waals surface area contributed by atoms with Gasteiger partial charge < -0.3 is 5.11 Å². The van der Waals surface area contributed by atoms with E-state index in [1.54, 1.807) is 30.6 Å². The molecule has 21 heavy (non-hydrogen) atoms. The summed E-state index contributed by atoms with van der Waals surface area (Å²) in [6, 6.07) is 10.9. The first-order valence-electron chi connectivity index (χ1n) is 6.47. The van der Waals surface area contributed by atoms with E-state index in [2.05, 4.69) is 9.97 Å². The summed E-state index contributed by atoms with van der Waals surface area (Å²) in [5.41, 5.74) is 2.89. The van der Waals surface area contributed by atoms with Crippen molar-refractivity contribution in [3.8, 4) is 0 Å². The van der Waals surface area contributed by atoms with Crippen molar-refractivity contribution in [2.45, 2.75) is 12.5 Å². The van der Waals surface area contributed by atoms with Crippen molar-refractivity contribution in [3.05, 3.63) is 70.0 Å². The molecule has 3 aromatic rings. The number of aliphatic hydroxyl groups is 1. The Labute approximate surface area is 132 Å². The number of fused-ring (bicyclic) bond motifs is 1. The number of hydrogen-bond acceptors (Lipinski definition) is 3. The van der Waals surface area contributed by atoms with Crippen LogP contribution in [0.2, 0.25) is 10.0 Å². The summed E-state index contributed by atoms with van der Waals surface area (Å²) in [4.78, 5) is 8.54. The monoisotopic (exact) mass is 318 g/mol. The van der Waals surface area contributed by atoms with Crippen molar-refractivity contribution in [2.75, 3.05) is 0 Å². The van der Waals surface area contributed by atoms with E-state index in [0.717, 1.165) is 16.6 Å². The minimum absolute atomic E-state index is 0.328. The van der Waals surface area contributed by atoms with Crippen molar-refractivity contribution in [1.82, 2.24) is 9.97 Å². The fourth-order valence-electron chi connectivity index (χ4n) is 2.31. The molecule has 0 spiro atoms. The maximum absolute atomic E-state index is 10.5. The Morgan fingerprint density at radius 1 is 0.952 bits per heavy atom. The van der Waals surface area contributed by atoms with Crippen LogP contribution >= 0.6 is 23.2 Å². The van der Waals surface area contributed by atoms with Crippen molar-refractivity contribution in [3.63, 3.8) is 0 Å². The van der Waals surface area contributed by atoms with Gasteiger partial charge in [0.25, 0.3) is 0 Å². The number of aromatic nitrogens is 2. The summed E-state index contributed by atoms with van der Waals surface area (Å²) in [7, 11) is 0. The van der Waals surface area contributed by atoms with Crippen LogP contribution in [0.3, 0.4) is 0 Å². The van der Waals surface area contributed by atoms with Gasteiger partial charge in [0.1, 0.15) is 0 Å². The lowest BCUT2D eigenvalue weighted by Gasteiger charge is -2.14. The third-order valence-corrected chi connectivity index (χ3v) is 4.06. The molecule has 1 unspecified atom stereocenters. The van der Waals surface area contributed by atoms with Crippen LogP contribution in [-0.2, 0) is 6.42 Å². The summed E-state index contributed by atoms with van der Waals surface area (Å²) in [5, 5.41) is 11.6. The molecule has 0 aliphatic carbocycles. The van der Waals surface area contributed by atoms with Gasteiger partial charge in [-0.1, -0.05) is 41.4 Å². The Morgan fingerprint density at radius 3 is 2.38 bits per heavy atom. The second-order valence-electron chi connectivity index (χ2n) is 4.69. The smallest absolute Gasteiger partial charge is 0.0944 e. The van der Waals surface area contributed by atoms with Gasteiger partial charge >= 0.3 is 0 Å². The highest BCUT2D eigenvalue weighted by atomic mass is 35.5. The van der Waals surface area contributed by atoms with E-state index in [4.69, 9.17) is 23.2 Å². The number of para-hydroxylation sites is 1. The molecule has 0 saturated heterocycles. The van der Waals surface area contributed by atoms with Crippen LogP contribution in [0.15, 0.2) is 48.8 Å². The summed E-state index contributed by atoms with van der Waals surface area (Å²) < 4.78 is 0. The molecule has 1 N–H and O–H groups in total. The molecule has 0 saturated carbocycles. The number of rotatable bonds is 3. The van der Waals surface area contributed by atoms with Crippen LogP contribution < -0.4 is 0 Å². The molecule has 106 valence electrons. The Bertz CT molecular complexity index is 767. The fourth-order valence-corrected chi connectivity index (χ4v) is 2.87. The Kier molecular flexibility index (Phi) is 4.06. The van der Waals surface area contributed by atoms with Crippen LogP contribution in [-0.4, -0.2) is 15.1 Å². The van der Waals surface area contributed by atoms with Crippen LogP contribution in [0.5, 0.6) is 0 Å². The third kappa shape index (κ3) is 2.86.